The smallest absolute Gasteiger partial charge is 0.224 e. The number of aryl methyl sites for hydroxylation is 3. The zero-order valence-electron chi connectivity index (χ0n) is 18.6. The van der Waals surface area contributed by atoms with Gasteiger partial charge in [0.15, 0.2) is 17.3 Å². The first-order chi connectivity index (χ1) is 16.0. The fourth-order valence-corrected chi connectivity index (χ4v) is 4.58. The molecule has 5 rings (SSSR count). The number of fused-ring (bicyclic) bond motifs is 1. The number of aromatic nitrogens is 6. The van der Waals surface area contributed by atoms with Crippen molar-refractivity contribution in [1.82, 2.24) is 29.4 Å². The van der Waals surface area contributed by atoms with Crippen LogP contribution in [-0.2, 0) is 19.4 Å². The van der Waals surface area contributed by atoms with Crippen molar-refractivity contribution in [2.75, 3.05) is 25.1 Å². The molecule has 4 aromatic rings. The van der Waals surface area contributed by atoms with Crippen molar-refractivity contribution in [3.63, 3.8) is 0 Å². The van der Waals surface area contributed by atoms with E-state index in [0.29, 0.717) is 40.9 Å². The largest absolute Gasteiger partial charge is 0.497 e. The summed E-state index contributed by atoms with van der Waals surface area (Å²) in [6, 6.07) is 9.77. The van der Waals surface area contributed by atoms with Crippen molar-refractivity contribution in [3.8, 4) is 5.75 Å². The second-order valence-electron chi connectivity index (χ2n) is 8.22. The summed E-state index contributed by atoms with van der Waals surface area (Å²) in [5.74, 6) is 3.24. The van der Waals surface area contributed by atoms with E-state index >= 15 is 0 Å². The molecule has 0 amide bonds. The lowest BCUT2D eigenvalue weighted by Crippen LogP contribution is -2.22. The van der Waals surface area contributed by atoms with Crippen molar-refractivity contribution in [3.05, 3.63) is 63.3 Å². The maximum absolute atomic E-state index is 6.31. The monoisotopic (exact) mass is 485 g/mol. The number of hydrogen-bond donors (Lipinski definition) is 0. The third-order valence-corrected chi connectivity index (χ3v) is 6.59. The van der Waals surface area contributed by atoms with Gasteiger partial charge in [-0.1, -0.05) is 35.3 Å². The number of anilines is 1. The van der Waals surface area contributed by atoms with Gasteiger partial charge in [-0.25, -0.2) is 14.2 Å². The van der Waals surface area contributed by atoms with E-state index in [4.69, 9.17) is 38.0 Å². The van der Waals surface area contributed by atoms with Crippen LogP contribution in [0.4, 0.5) is 5.95 Å². The molecule has 0 bridgehead atoms. The van der Waals surface area contributed by atoms with Crippen LogP contribution in [0.15, 0.2) is 30.3 Å². The summed E-state index contributed by atoms with van der Waals surface area (Å²) in [5, 5.41) is 10.5. The van der Waals surface area contributed by atoms with Gasteiger partial charge in [0.05, 0.1) is 29.4 Å². The van der Waals surface area contributed by atoms with Gasteiger partial charge in [-0.05, 0) is 43.5 Å². The Hall–Kier alpha value is -2.84. The summed E-state index contributed by atoms with van der Waals surface area (Å²) < 4.78 is 8.97. The Kier molecular flexibility index (Phi) is 6.12. The van der Waals surface area contributed by atoms with Crippen molar-refractivity contribution >= 4 is 34.8 Å². The quantitative estimate of drug-likeness (QED) is 0.386. The first-order valence-corrected chi connectivity index (χ1v) is 11.8. The number of halogens is 2. The fourth-order valence-electron chi connectivity index (χ4n) is 4.10. The lowest BCUT2D eigenvalue weighted by molar-refractivity contribution is 0.414. The number of ether oxygens (including phenoxy) is 1. The fraction of sp³-hybridized carbons (Fsp3) is 0.391. The Morgan fingerprint density at radius 1 is 0.939 bits per heavy atom. The average Bonchev–Trinajstić information content (AvgIpc) is 3.56. The van der Waals surface area contributed by atoms with Crippen molar-refractivity contribution in [2.45, 2.75) is 39.2 Å². The minimum Gasteiger partial charge on any atom is -0.497 e. The molecule has 1 saturated heterocycles. The van der Waals surface area contributed by atoms with Crippen LogP contribution < -0.4 is 9.64 Å². The van der Waals surface area contributed by atoms with Gasteiger partial charge in [-0.3, -0.25) is 0 Å². The van der Waals surface area contributed by atoms with E-state index in [-0.39, 0.29) is 0 Å². The number of methoxy groups -OCH3 is 1. The van der Waals surface area contributed by atoms with Crippen molar-refractivity contribution in [1.29, 1.82) is 0 Å². The van der Waals surface area contributed by atoms with Crippen LogP contribution in [0.2, 0.25) is 10.0 Å². The van der Waals surface area contributed by atoms with Gasteiger partial charge in [0.2, 0.25) is 5.95 Å². The molecular formula is C23H25Cl2N7O. The zero-order chi connectivity index (χ0) is 22.9. The van der Waals surface area contributed by atoms with E-state index in [1.54, 1.807) is 17.7 Å². The van der Waals surface area contributed by atoms with Gasteiger partial charge in [0.1, 0.15) is 5.75 Å². The second-order valence-corrected chi connectivity index (χ2v) is 9.03. The summed E-state index contributed by atoms with van der Waals surface area (Å²) >= 11 is 12.5. The van der Waals surface area contributed by atoms with Crippen LogP contribution >= 0.6 is 23.2 Å². The summed E-state index contributed by atoms with van der Waals surface area (Å²) in [5.41, 5.74) is 2.58. The number of pyridine rings is 1. The van der Waals surface area contributed by atoms with E-state index in [2.05, 4.69) is 27.1 Å². The predicted molar refractivity (Wildman–Crippen MR) is 129 cm³/mol. The summed E-state index contributed by atoms with van der Waals surface area (Å²) in [6.07, 6.45) is 3.61. The molecule has 1 aliphatic heterocycles. The minimum absolute atomic E-state index is 0.488. The normalized spacial score (nSPS) is 13.9. The van der Waals surface area contributed by atoms with Gasteiger partial charge in [-0.2, -0.15) is 15.2 Å². The Morgan fingerprint density at radius 3 is 2.33 bits per heavy atom. The number of benzene rings is 1. The van der Waals surface area contributed by atoms with E-state index < -0.39 is 0 Å². The Bertz CT molecular complexity index is 1280. The standard InChI is InChI=1S/C23H25Cl2N7O/c1-15-18(24)13-19(25)22-26-20(29-32(15)22)9-10-21-27-23(30-11-3-4-12-30)31(28-21)14-16-5-7-17(33-2)8-6-16/h5-8,13H,3-4,9-12,14H2,1-2H3. The molecule has 0 unspecified atom stereocenters. The van der Waals surface area contributed by atoms with E-state index in [1.165, 1.54) is 12.8 Å². The third kappa shape index (κ3) is 4.50. The highest BCUT2D eigenvalue weighted by molar-refractivity contribution is 6.36. The maximum atomic E-state index is 6.31. The summed E-state index contributed by atoms with van der Waals surface area (Å²) in [7, 11) is 1.67. The molecular weight excluding hydrogens is 461 g/mol. The first-order valence-electron chi connectivity index (χ1n) is 11.0. The molecule has 1 aliphatic rings. The molecule has 1 aromatic carbocycles. The molecule has 0 aliphatic carbocycles. The molecule has 0 radical (unpaired) electrons. The molecule has 0 N–H and O–H groups in total. The number of hydrogen-bond acceptors (Lipinski definition) is 6. The lowest BCUT2D eigenvalue weighted by atomic mass is 10.2. The molecule has 0 atom stereocenters. The lowest BCUT2D eigenvalue weighted by Gasteiger charge is -2.16. The molecule has 3 aromatic heterocycles. The van der Waals surface area contributed by atoms with Crippen LogP contribution in [-0.4, -0.2) is 49.6 Å². The highest BCUT2D eigenvalue weighted by Gasteiger charge is 2.21. The van der Waals surface area contributed by atoms with Crippen molar-refractivity contribution in [2.24, 2.45) is 0 Å². The van der Waals surface area contributed by atoms with Gasteiger partial charge in [-0.15, -0.1) is 0 Å². The Morgan fingerprint density at radius 2 is 1.64 bits per heavy atom. The predicted octanol–water partition coefficient (Wildman–Crippen LogP) is 4.38. The molecule has 0 saturated carbocycles. The maximum Gasteiger partial charge on any atom is 0.224 e. The molecule has 4 heterocycles. The Labute approximate surface area is 202 Å². The van der Waals surface area contributed by atoms with Crippen LogP contribution in [0.5, 0.6) is 5.75 Å². The first kappa shape index (κ1) is 22.0. The summed E-state index contributed by atoms with van der Waals surface area (Å²) in [4.78, 5) is 11.8. The molecule has 33 heavy (non-hydrogen) atoms. The molecule has 0 spiro atoms. The van der Waals surface area contributed by atoms with Crippen LogP contribution in [0.25, 0.3) is 5.65 Å². The molecule has 10 heteroatoms. The summed E-state index contributed by atoms with van der Waals surface area (Å²) in [6.45, 7) is 4.57. The Balaban J connectivity index is 1.38. The topological polar surface area (TPSA) is 73.4 Å². The minimum atomic E-state index is 0.488. The van der Waals surface area contributed by atoms with Crippen LogP contribution in [0.3, 0.4) is 0 Å². The van der Waals surface area contributed by atoms with Crippen molar-refractivity contribution < 1.29 is 4.74 Å². The van der Waals surface area contributed by atoms with Gasteiger partial charge in [0.25, 0.3) is 0 Å². The van der Waals surface area contributed by atoms with E-state index in [0.717, 1.165) is 41.9 Å². The second kappa shape index (κ2) is 9.19. The highest BCUT2D eigenvalue weighted by atomic mass is 35.5. The van der Waals surface area contributed by atoms with Gasteiger partial charge in [0, 0.05) is 25.9 Å². The average molecular weight is 486 g/mol. The zero-order valence-corrected chi connectivity index (χ0v) is 20.1. The molecule has 172 valence electrons. The third-order valence-electron chi connectivity index (χ3n) is 5.93. The van der Waals surface area contributed by atoms with E-state index in [9.17, 15) is 0 Å². The van der Waals surface area contributed by atoms with Gasteiger partial charge >= 0.3 is 0 Å². The molecule has 1 fully saturated rings. The number of nitrogens with zero attached hydrogens (tertiary/aromatic N) is 7. The van der Waals surface area contributed by atoms with E-state index in [1.807, 2.05) is 23.7 Å². The number of rotatable bonds is 7. The highest BCUT2D eigenvalue weighted by Crippen LogP contribution is 2.25. The molecule has 8 nitrogen and oxygen atoms in total. The van der Waals surface area contributed by atoms with Crippen LogP contribution in [0, 0.1) is 6.92 Å². The van der Waals surface area contributed by atoms with Crippen LogP contribution in [0.1, 0.15) is 35.7 Å². The van der Waals surface area contributed by atoms with Gasteiger partial charge < -0.3 is 9.64 Å². The SMILES string of the molecule is COc1ccc(Cn2nc(CCc3nc4c(Cl)cc(Cl)c(C)n4n3)nc2N2CCCC2)cc1.